The standard InChI is InChI=1S/C14H9ClFNO4/c15-9-2-1-3-10(16)12(9)13(19)17-7-4-5-8(14(20)21)11(18)6-7/h1-6,18H,(H,17,19)(H,20,21). The number of nitrogens with one attached hydrogen (secondary N) is 1. The molecule has 0 heterocycles. The van der Waals surface area contributed by atoms with Gasteiger partial charge in [-0.15, -0.1) is 0 Å². The first kappa shape index (κ1) is 14.8. The fraction of sp³-hybridized carbons (Fsp3) is 0. The Labute approximate surface area is 123 Å². The number of carbonyl (C=O) groups excluding carboxylic acids is 1. The van der Waals surface area contributed by atoms with E-state index < -0.39 is 23.4 Å². The topological polar surface area (TPSA) is 86.6 Å². The number of benzene rings is 2. The molecule has 0 bridgehead atoms. The van der Waals surface area contributed by atoms with Gasteiger partial charge in [-0.25, -0.2) is 9.18 Å². The maximum absolute atomic E-state index is 13.6. The van der Waals surface area contributed by atoms with Gasteiger partial charge < -0.3 is 15.5 Å². The number of aromatic carboxylic acids is 1. The summed E-state index contributed by atoms with van der Waals surface area (Å²) in [5, 5.41) is 20.6. The third-order valence-electron chi connectivity index (χ3n) is 2.68. The highest BCUT2D eigenvalue weighted by Crippen LogP contribution is 2.24. The zero-order valence-corrected chi connectivity index (χ0v) is 11.2. The van der Waals surface area contributed by atoms with Crippen molar-refractivity contribution in [3.05, 3.63) is 58.4 Å². The summed E-state index contributed by atoms with van der Waals surface area (Å²) in [6.07, 6.45) is 0. The molecule has 0 spiro atoms. The highest BCUT2D eigenvalue weighted by Gasteiger charge is 2.17. The fourth-order valence-electron chi connectivity index (χ4n) is 1.70. The van der Waals surface area contributed by atoms with Crippen molar-refractivity contribution in [1.29, 1.82) is 0 Å². The maximum atomic E-state index is 13.6. The van der Waals surface area contributed by atoms with E-state index >= 15 is 0 Å². The van der Waals surface area contributed by atoms with Crippen LogP contribution >= 0.6 is 11.6 Å². The van der Waals surface area contributed by atoms with Crippen LogP contribution < -0.4 is 5.32 Å². The van der Waals surface area contributed by atoms with Crippen LogP contribution in [0.15, 0.2) is 36.4 Å². The second kappa shape index (κ2) is 5.80. The molecule has 7 heteroatoms. The number of aromatic hydroxyl groups is 1. The third-order valence-corrected chi connectivity index (χ3v) is 2.99. The average molecular weight is 310 g/mol. The normalized spacial score (nSPS) is 10.2. The lowest BCUT2D eigenvalue weighted by Gasteiger charge is -2.09. The van der Waals surface area contributed by atoms with Gasteiger partial charge in [-0.2, -0.15) is 0 Å². The lowest BCUT2D eigenvalue weighted by atomic mass is 10.1. The van der Waals surface area contributed by atoms with Gasteiger partial charge in [0.15, 0.2) is 0 Å². The molecule has 1 amide bonds. The Balaban J connectivity index is 2.28. The summed E-state index contributed by atoms with van der Waals surface area (Å²) in [5.41, 5.74) is -0.528. The lowest BCUT2D eigenvalue weighted by Crippen LogP contribution is -2.14. The molecule has 108 valence electrons. The van der Waals surface area contributed by atoms with Crippen LogP contribution in [0.2, 0.25) is 5.02 Å². The van der Waals surface area contributed by atoms with Crippen LogP contribution in [-0.2, 0) is 0 Å². The highest BCUT2D eigenvalue weighted by atomic mass is 35.5. The molecule has 0 radical (unpaired) electrons. The largest absolute Gasteiger partial charge is 0.507 e. The number of hydrogen-bond donors (Lipinski definition) is 3. The van der Waals surface area contributed by atoms with Crippen LogP contribution in [-0.4, -0.2) is 22.1 Å². The minimum absolute atomic E-state index is 0.0566. The van der Waals surface area contributed by atoms with Crippen LogP contribution in [0.4, 0.5) is 10.1 Å². The summed E-state index contributed by atoms with van der Waals surface area (Å²) < 4.78 is 13.6. The van der Waals surface area contributed by atoms with Crippen molar-refractivity contribution in [2.75, 3.05) is 5.32 Å². The Kier molecular flexibility index (Phi) is 4.09. The van der Waals surface area contributed by atoms with Gasteiger partial charge >= 0.3 is 5.97 Å². The van der Waals surface area contributed by atoms with E-state index in [0.29, 0.717) is 0 Å². The molecule has 0 aliphatic carbocycles. The van der Waals surface area contributed by atoms with Crippen LogP contribution in [0.3, 0.4) is 0 Å². The molecule has 5 nitrogen and oxygen atoms in total. The number of phenols is 1. The molecular weight excluding hydrogens is 301 g/mol. The number of carbonyl (C=O) groups is 2. The van der Waals surface area contributed by atoms with Crippen LogP contribution in [0, 0.1) is 5.82 Å². The minimum atomic E-state index is -1.30. The van der Waals surface area contributed by atoms with Crippen molar-refractivity contribution in [3.63, 3.8) is 0 Å². The Morgan fingerprint density at radius 2 is 1.90 bits per heavy atom. The van der Waals surface area contributed by atoms with Crippen molar-refractivity contribution >= 4 is 29.2 Å². The van der Waals surface area contributed by atoms with Gasteiger partial charge in [0, 0.05) is 11.8 Å². The quantitative estimate of drug-likeness (QED) is 0.813. The fourth-order valence-corrected chi connectivity index (χ4v) is 1.95. The first-order chi connectivity index (χ1) is 9.90. The Morgan fingerprint density at radius 1 is 1.19 bits per heavy atom. The van der Waals surface area contributed by atoms with Gasteiger partial charge in [-0.3, -0.25) is 4.79 Å². The number of hydrogen-bond acceptors (Lipinski definition) is 3. The molecule has 2 aromatic carbocycles. The second-order valence-corrected chi connectivity index (χ2v) is 4.50. The Hall–Kier alpha value is -2.60. The van der Waals surface area contributed by atoms with Crippen molar-refractivity contribution < 1.29 is 24.2 Å². The molecule has 21 heavy (non-hydrogen) atoms. The first-order valence-electron chi connectivity index (χ1n) is 5.72. The number of amides is 1. The second-order valence-electron chi connectivity index (χ2n) is 4.09. The van der Waals surface area contributed by atoms with E-state index in [9.17, 15) is 19.1 Å². The van der Waals surface area contributed by atoms with Crippen LogP contribution in [0.5, 0.6) is 5.75 Å². The first-order valence-corrected chi connectivity index (χ1v) is 6.09. The predicted molar refractivity (Wildman–Crippen MR) is 74.4 cm³/mol. The van der Waals surface area contributed by atoms with Crippen molar-refractivity contribution in [3.8, 4) is 5.75 Å². The Bertz CT molecular complexity index is 713. The molecular formula is C14H9ClFNO4. The van der Waals surface area contributed by atoms with Crippen LogP contribution in [0.1, 0.15) is 20.7 Å². The van der Waals surface area contributed by atoms with Gasteiger partial charge in [0.25, 0.3) is 5.91 Å². The van der Waals surface area contributed by atoms with E-state index in [-0.39, 0.29) is 21.8 Å². The Morgan fingerprint density at radius 3 is 2.48 bits per heavy atom. The smallest absolute Gasteiger partial charge is 0.339 e. The summed E-state index contributed by atoms with van der Waals surface area (Å²) in [6.45, 7) is 0. The summed E-state index contributed by atoms with van der Waals surface area (Å²) >= 11 is 5.76. The molecule has 3 N–H and O–H groups in total. The lowest BCUT2D eigenvalue weighted by molar-refractivity contribution is 0.0693. The molecule has 0 saturated carbocycles. The van der Waals surface area contributed by atoms with E-state index in [1.165, 1.54) is 18.2 Å². The van der Waals surface area contributed by atoms with Crippen molar-refractivity contribution in [2.24, 2.45) is 0 Å². The monoisotopic (exact) mass is 309 g/mol. The molecule has 0 aromatic heterocycles. The van der Waals surface area contributed by atoms with Gasteiger partial charge in [-0.1, -0.05) is 17.7 Å². The third kappa shape index (κ3) is 3.11. The molecule has 0 fully saturated rings. The van der Waals surface area contributed by atoms with E-state index in [1.54, 1.807) is 0 Å². The van der Waals surface area contributed by atoms with Gasteiger partial charge in [-0.05, 0) is 24.3 Å². The average Bonchev–Trinajstić information content (AvgIpc) is 2.37. The van der Waals surface area contributed by atoms with Gasteiger partial charge in [0.1, 0.15) is 17.1 Å². The molecule has 0 aliphatic heterocycles. The zero-order valence-electron chi connectivity index (χ0n) is 10.4. The summed E-state index contributed by atoms with van der Waals surface area (Å²) in [7, 11) is 0. The number of halogens is 2. The molecule has 2 rings (SSSR count). The van der Waals surface area contributed by atoms with Crippen molar-refractivity contribution in [1.82, 2.24) is 0 Å². The van der Waals surface area contributed by atoms with E-state index in [1.807, 2.05) is 0 Å². The zero-order chi connectivity index (χ0) is 15.6. The predicted octanol–water partition coefficient (Wildman–Crippen LogP) is 3.14. The molecule has 0 atom stereocenters. The molecule has 0 aliphatic rings. The van der Waals surface area contributed by atoms with Crippen LogP contribution in [0.25, 0.3) is 0 Å². The van der Waals surface area contributed by atoms with Gasteiger partial charge in [0.05, 0.1) is 10.6 Å². The summed E-state index contributed by atoms with van der Waals surface area (Å²) in [5.74, 6) is -3.41. The molecule has 2 aromatic rings. The number of carboxylic acid groups (broad SMARTS) is 1. The molecule has 0 unspecified atom stereocenters. The van der Waals surface area contributed by atoms with E-state index in [0.717, 1.165) is 18.2 Å². The van der Waals surface area contributed by atoms with Gasteiger partial charge in [0.2, 0.25) is 0 Å². The minimum Gasteiger partial charge on any atom is -0.507 e. The maximum Gasteiger partial charge on any atom is 0.339 e. The highest BCUT2D eigenvalue weighted by molar-refractivity contribution is 6.34. The SMILES string of the molecule is O=C(O)c1ccc(NC(=O)c2c(F)cccc2Cl)cc1O. The molecule has 0 saturated heterocycles. The summed E-state index contributed by atoms with van der Waals surface area (Å²) in [4.78, 5) is 22.7. The summed E-state index contributed by atoms with van der Waals surface area (Å²) in [6, 6.07) is 7.26. The number of anilines is 1. The van der Waals surface area contributed by atoms with E-state index in [2.05, 4.69) is 5.32 Å². The number of rotatable bonds is 3. The van der Waals surface area contributed by atoms with E-state index in [4.69, 9.17) is 16.7 Å². The van der Waals surface area contributed by atoms with Crippen molar-refractivity contribution in [2.45, 2.75) is 0 Å². The number of carboxylic acids is 1.